The van der Waals surface area contributed by atoms with Gasteiger partial charge in [-0.25, -0.2) is 4.39 Å². The Morgan fingerprint density at radius 2 is 2.06 bits per heavy atom. The first-order valence-corrected chi connectivity index (χ1v) is 7.55. The van der Waals surface area contributed by atoms with Crippen molar-refractivity contribution in [2.45, 2.75) is 46.1 Å². The molecule has 0 saturated carbocycles. The maximum atomic E-state index is 13.3. The fraction of sp³-hybridized carbons (Fsp3) is 0.600. The van der Waals surface area contributed by atoms with Crippen LogP contribution in [0.1, 0.15) is 39.2 Å². The maximum Gasteiger partial charge on any atom is 0.123 e. The van der Waals surface area contributed by atoms with Gasteiger partial charge in [-0.15, -0.1) is 0 Å². The van der Waals surface area contributed by atoms with Gasteiger partial charge >= 0.3 is 0 Å². The van der Waals surface area contributed by atoms with Crippen molar-refractivity contribution >= 4 is 15.9 Å². The molecule has 0 saturated heterocycles. The van der Waals surface area contributed by atoms with Crippen molar-refractivity contribution in [3.63, 3.8) is 0 Å². The van der Waals surface area contributed by atoms with E-state index in [1.165, 1.54) is 6.07 Å². The van der Waals surface area contributed by atoms with Crippen LogP contribution in [-0.4, -0.2) is 12.6 Å². The van der Waals surface area contributed by atoms with Gasteiger partial charge < -0.3 is 5.32 Å². The highest BCUT2D eigenvalue weighted by Crippen LogP contribution is 2.24. The zero-order chi connectivity index (χ0) is 13.5. The van der Waals surface area contributed by atoms with Crippen molar-refractivity contribution in [2.75, 3.05) is 6.54 Å². The summed E-state index contributed by atoms with van der Waals surface area (Å²) < 4.78 is 14.3. The Balaban J connectivity index is 2.69. The van der Waals surface area contributed by atoms with Gasteiger partial charge in [-0.2, -0.15) is 0 Å². The summed E-state index contributed by atoms with van der Waals surface area (Å²) in [6.45, 7) is 7.63. The third-order valence-electron chi connectivity index (χ3n) is 3.44. The third kappa shape index (κ3) is 4.69. The molecule has 1 rings (SSSR count). The highest BCUT2D eigenvalue weighted by molar-refractivity contribution is 9.10. The summed E-state index contributed by atoms with van der Waals surface area (Å²) in [5, 5.41) is 3.53. The van der Waals surface area contributed by atoms with Crippen LogP contribution in [0.3, 0.4) is 0 Å². The maximum absolute atomic E-state index is 13.3. The Labute approximate surface area is 118 Å². The number of nitrogens with one attached hydrogen (secondary N) is 1. The predicted molar refractivity (Wildman–Crippen MR) is 79.3 cm³/mol. The van der Waals surface area contributed by atoms with Gasteiger partial charge in [-0.05, 0) is 56.0 Å². The van der Waals surface area contributed by atoms with E-state index in [1.54, 1.807) is 12.1 Å². The van der Waals surface area contributed by atoms with Gasteiger partial charge in [0.1, 0.15) is 5.82 Å². The van der Waals surface area contributed by atoms with Crippen LogP contribution in [0.25, 0.3) is 0 Å². The fourth-order valence-corrected chi connectivity index (χ4v) is 2.60. The summed E-state index contributed by atoms with van der Waals surface area (Å²) in [6.07, 6.45) is 3.15. The highest BCUT2D eigenvalue weighted by Gasteiger charge is 2.16. The standard InChI is InChI=1S/C15H23BrFN/c1-4-8-18-11(3)12(5-2)9-13-10-14(17)6-7-15(13)16/h6-7,10-12,18H,4-5,8-9H2,1-3H3. The monoisotopic (exact) mass is 315 g/mol. The molecule has 18 heavy (non-hydrogen) atoms. The molecule has 0 aliphatic heterocycles. The van der Waals surface area contributed by atoms with E-state index in [4.69, 9.17) is 0 Å². The lowest BCUT2D eigenvalue weighted by Gasteiger charge is -2.24. The number of hydrogen-bond donors (Lipinski definition) is 1. The Morgan fingerprint density at radius 1 is 1.33 bits per heavy atom. The summed E-state index contributed by atoms with van der Waals surface area (Å²) in [7, 11) is 0. The summed E-state index contributed by atoms with van der Waals surface area (Å²) >= 11 is 3.50. The lowest BCUT2D eigenvalue weighted by molar-refractivity contribution is 0.361. The minimum atomic E-state index is -0.155. The fourth-order valence-electron chi connectivity index (χ4n) is 2.20. The largest absolute Gasteiger partial charge is 0.314 e. The molecule has 0 amide bonds. The van der Waals surface area contributed by atoms with E-state index in [0.717, 1.165) is 35.8 Å². The second-order valence-electron chi connectivity index (χ2n) is 4.85. The SMILES string of the molecule is CCCNC(C)C(CC)Cc1cc(F)ccc1Br. The number of rotatable bonds is 7. The van der Waals surface area contributed by atoms with Crippen molar-refractivity contribution in [3.05, 3.63) is 34.1 Å². The van der Waals surface area contributed by atoms with Gasteiger partial charge in [0.15, 0.2) is 0 Å². The number of benzene rings is 1. The molecule has 0 aliphatic rings. The van der Waals surface area contributed by atoms with E-state index < -0.39 is 0 Å². The molecule has 0 radical (unpaired) electrons. The first kappa shape index (κ1) is 15.6. The first-order valence-electron chi connectivity index (χ1n) is 6.75. The first-order chi connectivity index (χ1) is 8.58. The van der Waals surface area contributed by atoms with Gasteiger partial charge in [0.05, 0.1) is 0 Å². The normalized spacial score (nSPS) is 14.5. The van der Waals surface area contributed by atoms with Crippen molar-refractivity contribution in [1.29, 1.82) is 0 Å². The molecule has 3 heteroatoms. The molecular weight excluding hydrogens is 293 g/mol. The minimum absolute atomic E-state index is 0.155. The zero-order valence-electron chi connectivity index (χ0n) is 11.5. The molecule has 2 atom stereocenters. The van der Waals surface area contributed by atoms with E-state index in [-0.39, 0.29) is 5.82 Å². The molecule has 1 aromatic rings. The summed E-state index contributed by atoms with van der Waals surface area (Å²) in [6, 6.07) is 5.39. The van der Waals surface area contributed by atoms with Gasteiger partial charge in [0.25, 0.3) is 0 Å². The van der Waals surface area contributed by atoms with Crippen molar-refractivity contribution < 1.29 is 4.39 Å². The number of halogens is 2. The lowest BCUT2D eigenvalue weighted by Crippen LogP contribution is -2.34. The molecule has 0 aliphatic carbocycles. The molecular formula is C15H23BrFN. The van der Waals surface area contributed by atoms with Crippen LogP contribution in [0.15, 0.2) is 22.7 Å². The molecule has 1 aromatic carbocycles. The van der Waals surface area contributed by atoms with E-state index in [1.807, 2.05) is 0 Å². The summed E-state index contributed by atoms with van der Waals surface area (Å²) in [5.74, 6) is 0.381. The van der Waals surface area contributed by atoms with Crippen LogP contribution < -0.4 is 5.32 Å². The van der Waals surface area contributed by atoms with Crippen LogP contribution in [0.4, 0.5) is 4.39 Å². The average molecular weight is 316 g/mol. The molecule has 2 unspecified atom stereocenters. The number of hydrogen-bond acceptors (Lipinski definition) is 1. The molecule has 0 fully saturated rings. The highest BCUT2D eigenvalue weighted by atomic mass is 79.9. The van der Waals surface area contributed by atoms with Gasteiger partial charge in [-0.3, -0.25) is 0 Å². The van der Waals surface area contributed by atoms with Crippen molar-refractivity contribution in [2.24, 2.45) is 5.92 Å². The molecule has 0 aromatic heterocycles. The quantitative estimate of drug-likeness (QED) is 0.778. The second kappa shape index (κ2) is 7.90. The van der Waals surface area contributed by atoms with Crippen molar-refractivity contribution in [1.82, 2.24) is 5.32 Å². The summed E-state index contributed by atoms with van der Waals surface area (Å²) in [4.78, 5) is 0. The van der Waals surface area contributed by atoms with Gasteiger partial charge in [0, 0.05) is 10.5 Å². The third-order valence-corrected chi connectivity index (χ3v) is 4.21. The lowest BCUT2D eigenvalue weighted by atomic mass is 9.90. The van der Waals surface area contributed by atoms with E-state index in [0.29, 0.717) is 12.0 Å². The molecule has 1 nitrogen and oxygen atoms in total. The smallest absolute Gasteiger partial charge is 0.123 e. The molecule has 0 spiro atoms. The predicted octanol–water partition coefficient (Wildman–Crippen LogP) is 4.55. The molecule has 1 N–H and O–H groups in total. The Morgan fingerprint density at radius 3 is 2.67 bits per heavy atom. The Kier molecular flexibility index (Phi) is 6.87. The van der Waals surface area contributed by atoms with Crippen LogP contribution in [0.5, 0.6) is 0 Å². The van der Waals surface area contributed by atoms with E-state index >= 15 is 0 Å². The van der Waals surface area contributed by atoms with Gasteiger partial charge in [-0.1, -0.05) is 36.2 Å². The van der Waals surface area contributed by atoms with E-state index in [9.17, 15) is 4.39 Å². The van der Waals surface area contributed by atoms with Crippen LogP contribution >= 0.6 is 15.9 Å². The van der Waals surface area contributed by atoms with Gasteiger partial charge in [0.2, 0.25) is 0 Å². The van der Waals surface area contributed by atoms with E-state index in [2.05, 4.69) is 42.0 Å². The van der Waals surface area contributed by atoms with Crippen LogP contribution in [0, 0.1) is 11.7 Å². The molecule has 102 valence electrons. The molecule has 0 heterocycles. The summed E-state index contributed by atoms with van der Waals surface area (Å²) in [5.41, 5.74) is 1.06. The van der Waals surface area contributed by atoms with Crippen LogP contribution in [0.2, 0.25) is 0 Å². The Hall–Kier alpha value is -0.410. The van der Waals surface area contributed by atoms with Crippen LogP contribution in [-0.2, 0) is 6.42 Å². The van der Waals surface area contributed by atoms with Crippen molar-refractivity contribution in [3.8, 4) is 0 Å². The molecule has 0 bridgehead atoms. The topological polar surface area (TPSA) is 12.0 Å². The minimum Gasteiger partial charge on any atom is -0.314 e. The average Bonchev–Trinajstić information content (AvgIpc) is 2.36. The zero-order valence-corrected chi connectivity index (χ0v) is 13.1. The Bertz CT molecular complexity index is 368. The second-order valence-corrected chi connectivity index (χ2v) is 5.71.